The molecule has 0 spiro atoms. The smallest absolute Gasteiger partial charge is 0.363 e. The molecule has 1 heterocycles. The predicted octanol–water partition coefficient (Wildman–Crippen LogP) is 5.55. The van der Waals surface area contributed by atoms with Gasteiger partial charge in [0, 0.05) is 4.47 Å². The molecule has 0 radical (unpaired) electrons. The fraction of sp³-hybridized carbons (Fsp3) is 0.0800. The predicted molar refractivity (Wildman–Crippen MR) is 124 cm³/mol. The van der Waals surface area contributed by atoms with E-state index in [4.69, 9.17) is 14.2 Å². The maximum atomic E-state index is 13.1. The molecule has 3 aromatic carbocycles. The van der Waals surface area contributed by atoms with E-state index in [1.165, 1.54) is 24.3 Å². The van der Waals surface area contributed by atoms with Crippen molar-refractivity contribution in [2.24, 2.45) is 4.99 Å². The Kier molecular flexibility index (Phi) is 6.65. The highest BCUT2D eigenvalue weighted by atomic mass is 79.9. The number of nitrogens with zero attached hydrogens (tertiary/aromatic N) is 1. The van der Waals surface area contributed by atoms with Crippen LogP contribution in [0.4, 0.5) is 4.39 Å². The van der Waals surface area contributed by atoms with E-state index in [-0.39, 0.29) is 22.9 Å². The van der Waals surface area contributed by atoms with Gasteiger partial charge in [0.15, 0.2) is 17.2 Å². The third-order valence-electron chi connectivity index (χ3n) is 4.58. The SMILES string of the molecule is CCOc1cc(/C=C2/N=C(c3ccccc3Br)OC2=O)ccc1OC(=O)c1ccc(F)cc1. The van der Waals surface area contributed by atoms with Gasteiger partial charge in [-0.2, -0.15) is 0 Å². The van der Waals surface area contributed by atoms with Gasteiger partial charge in [-0.3, -0.25) is 0 Å². The minimum atomic E-state index is -0.649. The summed E-state index contributed by atoms with van der Waals surface area (Å²) >= 11 is 3.42. The monoisotopic (exact) mass is 509 g/mol. The highest BCUT2D eigenvalue weighted by Crippen LogP contribution is 2.31. The van der Waals surface area contributed by atoms with Crippen molar-refractivity contribution in [3.8, 4) is 11.5 Å². The van der Waals surface area contributed by atoms with Gasteiger partial charge >= 0.3 is 11.9 Å². The molecule has 33 heavy (non-hydrogen) atoms. The minimum Gasteiger partial charge on any atom is -0.490 e. The van der Waals surface area contributed by atoms with Crippen LogP contribution in [-0.2, 0) is 9.53 Å². The maximum Gasteiger partial charge on any atom is 0.363 e. The first-order valence-corrected chi connectivity index (χ1v) is 10.8. The zero-order chi connectivity index (χ0) is 23.4. The van der Waals surface area contributed by atoms with Crippen molar-refractivity contribution >= 4 is 39.8 Å². The van der Waals surface area contributed by atoms with Gasteiger partial charge in [0.25, 0.3) is 0 Å². The van der Waals surface area contributed by atoms with Gasteiger partial charge in [-0.25, -0.2) is 19.0 Å². The van der Waals surface area contributed by atoms with E-state index in [1.54, 1.807) is 37.3 Å². The number of hydrogen-bond acceptors (Lipinski definition) is 6. The zero-order valence-corrected chi connectivity index (χ0v) is 19.0. The van der Waals surface area contributed by atoms with Crippen LogP contribution in [0.2, 0.25) is 0 Å². The van der Waals surface area contributed by atoms with Gasteiger partial charge in [0.1, 0.15) is 5.82 Å². The van der Waals surface area contributed by atoms with E-state index in [9.17, 15) is 14.0 Å². The quantitative estimate of drug-likeness (QED) is 0.247. The number of rotatable bonds is 6. The minimum absolute atomic E-state index is 0.124. The number of esters is 2. The molecular formula is C25H17BrFNO5. The highest BCUT2D eigenvalue weighted by molar-refractivity contribution is 9.10. The summed E-state index contributed by atoms with van der Waals surface area (Å²) in [5.74, 6) is -0.971. The molecule has 166 valence electrons. The number of carbonyl (C=O) groups excluding carboxylic acids is 2. The van der Waals surface area contributed by atoms with Crippen molar-refractivity contribution in [2.75, 3.05) is 6.61 Å². The van der Waals surface area contributed by atoms with E-state index in [1.807, 2.05) is 18.2 Å². The van der Waals surface area contributed by atoms with Crippen LogP contribution in [0.15, 0.2) is 81.9 Å². The van der Waals surface area contributed by atoms with Crippen LogP contribution in [0.3, 0.4) is 0 Å². The Balaban J connectivity index is 1.60. The first kappa shape index (κ1) is 22.4. The molecule has 0 aromatic heterocycles. The molecule has 0 saturated heterocycles. The third-order valence-corrected chi connectivity index (χ3v) is 5.27. The summed E-state index contributed by atoms with van der Waals surface area (Å²) in [5.41, 5.74) is 1.59. The van der Waals surface area contributed by atoms with Gasteiger partial charge in [0.2, 0.25) is 5.90 Å². The van der Waals surface area contributed by atoms with Crippen LogP contribution in [0.25, 0.3) is 6.08 Å². The summed E-state index contributed by atoms with van der Waals surface area (Å²) in [7, 11) is 0. The van der Waals surface area contributed by atoms with E-state index in [0.29, 0.717) is 23.5 Å². The molecule has 3 aromatic rings. The fourth-order valence-corrected chi connectivity index (χ4v) is 3.48. The Morgan fingerprint density at radius 3 is 2.58 bits per heavy atom. The number of hydrogen-bond donors (Lipinski definition) is 0. The van der Waals surface area contributed by atoms with E-state index < -0.39 is 17.8 Å². The van der Waals surface area contributed by atoms with Gasteiger partial charge in [-0.15, -0.1) is 0 Å². The Morgan fingerprint density at radius 1 is 1.09 bits per heavy atom. The first-order chi connectivity index (χ1) is 15.9. The van der Waals surface area contributed by atoms with E-state index >= 15 is 0 Å². The molecule has 1 aliphatic rings. The average molecular weight is 510 g/mol. The summed E-state index contributed by atoms with van der Waals surface area (Å²) in [4.78, 5) is 29.0. The molecule has 0 atom stereocenters. The Labute approximate surface area is 197 Å². The van der Waals surface area contributed by atoms with Gasteiger partial charge in [-0.05, 0) is 83.0 Å². The molecule has 1 aliphatic heterocycles. The van der Waals surface area contributed by atoms with Crippen LogP contribution < -0.4 is 9.47 Å². The summed E-state index contributed by atoms with van der Waals surface area (Å²) in [6.07, 6.45) is 1.56. The average Bonchev–Trinajstić information content (AvgIpc) is 3.16. The number of benzene rings is 3. The van der Waals surface area contributed by atoms with E-state index in [2.05, 4.69) is 20.9 Å². The molecule has 0 aliphatic carbocycles. The first-order valence-electron chi connectivity index (χ1n) is 9.96. The standard InChI is InChI=1S/C25H17BrFNO5/c1-2-31-22-14-15(7-12-21(22)32-24(29)16-8-10-17(27)11-9-16)13-20-25(30)33-23(28-20)18-5-3-4-6-19(18)26/h3-14H,2H2,1H3/b20-13+. The largest absolute Gasteiger partial charge is 0.490 e. The lowest BCUT2D eigenvalue weighted by Crippen LogP contribution is -2.09. The van der Waals surface area contributed by atoms with Crippen molar-refractivity contribution in [1.82, 2.24) is 0 Å². The number of ether oxygens (including phenoxy) is 3. The van der Waals surface area contributed by atoms with Crippen molar-refractivity contribution in [1.29, 1.82) is 0 Å². The molecule has 0 fully saturated rings. The Hall–Kier alpha value is -3.78. The normalized spacial score (nSPS) is 14.1. The third kappa shape index (κ3) is 5.18. The van der Waals surface area contributed by atoms with Crippen molar-refractivity contribution in [2.45, 2.75) is 6.92 Å². The second kappa shape index (κ2) is 9.79. The Bertz CT molecular complexity index is 1280. The van der Waals surface area contributed by atoms with Crippen molar-refractivity contribution in [3.63, 3.8) is 0 Å². The number of halogens is 2. The second-order valence-corrected chi connectivity index (χ2v) is 7.71. The summed E-state index contributed by atoms with van der Waals surface area (Å²) in [5, 5.41) is 0. The van der Waals surface area contributed by atoms with E-state index in [0.717, 1.165) is 4.47 Å². The molecule has 0 saturated carbocycles. The lowest BCUT2D eigenvalue weighted by atomic mass is 10.1. The summed E-state index contributed by atoms with van der Waals surface area (Å²) in [6, 6.07) is 17.1. The molecule has 0 N–H and O–H groups in total. The van der Waals surface area contributed by atoms with Crippen LogP contribution in [0.5, 0.6) is 11.5 Å². The molecule has 6 nitrogen and oxygen atoms in total. The van der Waals surface area contributed by atoms with Crippen LogP contribution in [-0.4, -0.2) is 24.4 Å². The molecule has 8 heteroatoms. The second-order valence-electron chi connectivity index (χ2n) is 6.85. The number of aliphatic imine (C=N–C) groups is 1. The Morgan fingerprint density at radius 2 is 1.85 bits per heavy atom. The van der Waals surface area contributed by atoms with Gasteiger partial charge < -0.3 is 14.2 Å². The fourth-order valence-electron chi connectivity index (χ4n) is 3.03. The highest BCUT2D eigenvalue weighted by Gasteiger charge is 2.25. The molecule has 0 unspecified atom stereocenters. The molecule has 0 bridgehead atoms. The lowest BCUT2D eigenvalue weighted by molar-refractivity contribution is -0.129. The summed E-state index contributed by atoms with van der Waals surface area (Å²) < 4.78 is 30.2. The maximum absolute atomic E-state index is 13.1. The topological polar surface area (TPSA) is 74.2 Å². The number of cyclic esters (lactones) is 1. The van der Waals surface area contributed by atoms with Crippen LogP contribution in [0, 0.1) is 5.82 Å². The molecule has 4 rings (SSSR count). The van der Waals surface area contributed by atoms with Gasteiger partial charge in [0.05, 0.1) is 17.7 Å². The molecule has 0 amide bonds. The van der Waals surface area contributed by atoms with Crippen LogP contribution in [0.1, 0.15) is 28.4 Å². The van der Waals surface area contributed by atoms with Crippen molar-refractivity contribution in [3.05, 3.63) is 99.4 Å². The van der Waals surface area contributed by atoms with Gasteiger partial charge in [-0.1, -0.05) is 18.2 Å². The summed E-state index contributed by atoms with van der Waals surface area (Å²) in [6.45, 7) is 2.12. The lowest BCUT2D eigenvalue weighted by Gasteiger charge is -2.11. The van der Waals surface area contributed by atoms with Crippen molar-refractivity contribution < 1.29 is 28.2 Å². The van der Waals surface area contributed by atoms with Crippen LogP contribution >= 0.6 is 15.9 Å². The zero-order valence-electron chi connectivity index (χ0n) is 17.4. The number of carbonyl (C=O) groups is 2. The molecular weight excluding hydrogens is 493 g/mol.